The topological polar surface area (TPSA) is 18.5 Å². The van der Waals surface area contributed by atoms with E-state index in [4.69, 9.17) is 0 Å². The zero-order chi connectivity index (χ0) is 11.3. The van der Waals surface area contributed by atoms with E-state index in [0.29, 0.717) is 0 Å². The quantitative estimate of drug-likeness (QED) is 0.565. The lowest BCUT2D eigenvalue weighted by Crippen LogP contribution is -2.31. The summed E-state index contributed by atoms with van der Waals surface area (Å²) in [6.07, 6.45) is -8.34. The number of ether oxygens (including phenoxy) is 2. The monoisotopic (exact) mass is 224 g/mol. The number of alkyl halides is 4. The van der Waals surface area contributed by atoms with Crippen molar-refractivity contribution in [2.75, 3.05) is 6.79 Å². The number of hydrogen-bond acceptors (Lipinski definition) is 2. The third kappa shape index (κ3) is 3.75. The maximum atomic E-state index is 12.2. The third-order valence-corrected chi connectivity index (χ3v) is 1.47. The van der Waals surface area contributed by atoms with Gasteiger partial charge in [0.15, 0.2) is 6.79 Å². The zero-order valence-corrected chi connectivity index (χ0v) is 7.50. The van der Waals surface area contributed by atoms with Crippen LogP contribution in [0.1, 0.15) is 0 Å². The summed E-state index contributed by atoms with van der Waals surface area (Å²) in [5.74, 6) is 0.266. The fraction of sp³-hybridized carbons (Fsp3) is 0.333. The lowest BCUT2D eigenvalue weighted by molar-refractivity contribution is -0.317. The van der Waals surface area contributed by atoms with Gasteiger partial charge in [-0.25, -0.2) is 8.78 Å². The van der Waals surface area contributed by atoms with Crippen LogP contribution in [0.4, 0.5) is 17.6 Å². The van der Waals surface area contributed by atoms with Crippen molar-refractivity contribution >= 4 is 0 Å². The van der Waals surface area contributed by atoms with Gasteiger partial charge in [0.25, 0.3) is 0 Å². The van der Waals surface area contributed by atoms with Crippen LogP contribution in [0.3, 0.4) is 0 Å². The Morgan fingerprint density at radius 3 is 2.27 bits per heavy atom. The summed E-state index contributed by atoms with van der Waals surface area (Å²) in [5, 5.41) is 0. The molecular formula is C9H8F4O2. The predicted octanol–water partition coefficient (Wildman–Crippen LogP) is 2.90. The molecule has 0 radical (unpaired) electrons. The maximum Gasteiger partial charge on any atom is 0.419 e. The number of halogens is 4. The Bertz CT molecular complexity index is 289. The van der Waals surface area contributed by atoms with Crippen LogP contribution in [0.15, 0.2) is 30.3 Å². The second-order valence-corrected chi connectivity index (χ2v) is 2.58. The average Bonchev–Trinajstić information content (AvgIpc) is 2.19. The van der Waals surface area contributed by atoms with Crippen LogP contribution >= 0.6 is 0 Å². The largest absolute Gasteiger partial charge is 0.467 e. The Morgan fingerprint density at radius 1 is 1.13 bits per heavy atom. The van der Waals surface area contributed by atoms with Crippen LogP contribution < -0.4 is 4.74 Å². The Labute approximate surface area is 83.4 Å². The van der Waals surface area contributed by atoms with Crippen LogP contribution in [0.5, 0.6) is 5.75 Å². The molecule has 0 aliphatic carbocycles. The van der Waals surface area contributed by atoms with Gasteiger partial charge in [-0.05, 0) is 12.1 Å². The lowest BCUT2D eigenvalue weighted by atomic mass is 10.3. The molecule has 1 aromatic rings. The van der Waals surface area contributed by atoms with E-state index >= 15 is 0 Å². The van der Waals surface area contributed by atoms with E-state index < -0.39 is 19.3 Å². The van der Waals surface area contributed by atoms with E-state index in [9.17, 15) is 17.6 Å². The molecule has 15 heavy (non-hydrogen) atoms. The highest BCUT2D eigenvalue weighted by molar-refractivity contribution is 5.20. The summed E-state index contributed by atoms with van der Waals surface area (Å²) < 4.78 is 55.9. The number of hydrogen-bond donors (Lipinski definition) is 0. The molecule has 0 aromatic heterocycles. The molecule has 0 aliphatic heterocycles. The zero-order valence-electron chi connectivity index (χ0n) is 7.50. The molecule has 0 saturated carbocycles. The van der Waals surface area contributed by atoms with Crippen molar-refractivity contribution in [1.29, 1.82) is 0 Å². The molecule has 0 unspecified atom stereocenters. The van der Waals surface area contributed by atoms with E-state index in [2.05, 4.69) is 9.47 Å². The molecule has 84 valence electrons. The Morgan fingerprint density at radius 2 is 1.73 bits per heavy atom. The van der Waals surface area contributed by atoms with Gasteiger partial charge in [0, 0.05) is 0 Å². The van der Waals surface area contributed by atoms with Gasteiger partial charge in [-0.2, -0.15) is 8.78 Å². The van der Waals surface area contributed by atoms with Gasteiger partial charge in [0.1, 0.15) is 5.75 Å². The van der Waals surface area contributed by atoms with Crippen LogP contribution in [0, 0.1) is 0 Å². The first kappa shape index (κ1) is 11.8. The van der Waals surface area contributed by atoms with Crippen molar-refractivity contribution < 1.29 is 27.0 Å². The smallest absolute Gasteiger partial charge is 0.419 e. The highest BCUT2D eigenvalue weighted by Gasteiger charge is 2.42. The Kier molecular flexibility index (Phi) is 3.90. The molecule has 0 N–H and O–H groups in total. The standard InChI is InChI=1S/C9H8F4O2/c10-8(11)9(12,13)15-6-14-7-4-2-1-3-5-7/h1-5,8H,6H2. The first-order chi connectivity index (χ1) is 7.02. The first-order valence-electron chi connectivity index (χ1n) is 4.00. The lowest BCUT2D eigenvalue weighted by Gasteiger charge is -2.15. The summed E-state index contributed by atoms with van der Waals surface area (Å²) in [6, 6.07) is 7.90. The molecule has 0 saturated heterocycles. The minimum absolute atomic E-state index is 0.266. The van der Waals surface area contributed by atoms with E-state index in [1.807, 2.05) is 0 Å². The van der Waals surface area contributed by atoms with E-state index in [0.717, 1.165) is 0 Å². The molecule has 0 heterocycles. The summed E-state index contributed by atoms with van der Waals surface area (Å²) >= 11 is 0. The predicted molar refractivity (Wildman–Crippen MR) is 44.0 cm³/mol. The summed E-state index contributed by atoms with van der Waals surface area (Å²) in [6.45, 7) is -0.929. The van der Waals surface area contributed by atoms with E-state index in [-0.39, 0.29) is 5.75 Å². The van der Waals surface area contributed by atoms with Crippen molar-refractivity contribution in [3.63, 3.8) is 0 Å². The molecule has 0 bridgehead atoms. The fourth-order valence-electron chi connectivity index (χ4n) is 0.756. The second kappa shape index (κ2) is 4.97. The minimum Gasteiger partial charge on any atom is -0.467 e. The van der Waals surface area contributed by atoms with Gasteiger partial charge in [-0.15, -0.1) is 0 Å². The minimum atomic E-state index is -4.48. The molecule has 1 rings (SSSR count). The van der Waals surface area contributed by atoms with E-state index in [1.54, 1.807) is 18.2 Å². The van der Waals surface area contributed by atoms with Crippen LogP contribution in [-0.4, -0.2) is 19.3 Å². The van der Waals surface area contributed by atoms with Crippen LogP contribution in [0.2, 0.25) is 0 Å². The highest BCUT2D eigenvalue weighted by Crippen LogP contribution is 2.24. The van der Waals surface area contributed by atoms with Gasteiger partial charge in [0.05, 0.1) is 0 Å². The maximum absolute atomic E-state index is 12.2. The highest BCUT2D eigenvalue weighted by atomic mass is 19.3. The van der Waals surface area contributed by atoms with Crippen LogP contribution in [0.25, 0.3) is 0 Å². The Hall–Kier alpha value is -1.30. The molecular weight excluding hydrogens is 216 g/mol. The number of para-hydroxylation sites is 1. The second-order valence-electron chi connectivity index (χ2n) is 2.58. The molecule has 0 atom stereocenters. The molecule has 2 nitrogen and oxygen atoms in total. The van der Waals surface area contributed by atoms with Crippen molar-refractivity contribution in [2.24, 2.45) is 0 Å². The molecule has 0 amide bonds. The summed E-state index contributed by atoms with van der Waals surface area (Å²) in [4.78, 5) is 0. The van der Waals surface area contributed by atoms with Crippen LogP contribution in [-0.2, 0) is 4.74 Å². The molecule has 0 fully saturated rings. The Balaban J connectivity index is 2.34. The third-order valence-electron chi connectivity index (χ3n) is 1.47. The number of rotatable bonds is 5. The van der Waals surface area contributed by atoms with Crippen molar-refractivity contribution in [1.82, 2.24) is 0 Å². The van der Waals surface area contributed by atoms with Gasteiger partial charge in [0.2, 0.25) is 0 Å². The normalized spacial score (nSPS) is 11.8. The van der Waals surface area contributed by atoms with Crippen molar-refractivity contribution in [3.05, 3.63) is 30.3 Å². The van der Waals surface area contributed by atoms with Gasteiger partial charge >= 0.3 is 12.5 Å². The van der Waals surface area contributed by atoms with Crippen molar-refractivity contribution in [3.8, 4) is 5.75 Å². The fourth-order valence-corrected chi connectivity index (χ4v) is 0.756. The molecule has 0 spiro atoms. The summed E-state index contributed by atoms with van der Waals surface area (Å²) in [5.41, 5.74) is 0. The summed E-state index contributed by atoms with van der Waals surface area (Å²) in [7, 11) is 0. The van der Waals surface area contributed by atoms with Gasteiger partial charge in [-0.1, -0.05) is 18.2 Å². The SMILES string of the molecule is FC(F)C(F)(F)OCOc1ccccc1. The average molecular weight is 224 g/mol. The van der Waals surface area contributed by atoms with Gasteiger partial charge in [-0.3, -0.25) is 4.74 Å². The molecule has 0 aliphatic rings. The van der Waals surface area contributed by atoms with E-state index in [1.165, 1.54) is 12.1 Å². The first-order valence-corrected chi connectivity index (χ1v) is 4.00. The molecule has 6 heteroatoms. The molecule has 1 aromatic carbocycles. The van der Waals surface area contributed by atoms with Crippen molar-refractivity contribution in [2.45, 2.75) is 12.5 Å². The van der Waals surface area contributed by atoms with Gasteiger partial charge < -0.3 is 4.74 Å². The number of benzene rings is 1.